The predicted molar refractivity (Wildman–Crippen MR) is 78.8 cm³/mol. The maximum Gasteiger partial charge on any atom is 0.412 e. The summed E-state index contributed by atoms with van der Waals surface area (Å²) in [7, 11) is 0. The molecular formula is C13H17BrClNO2. The van der Waals surface area contributed by atoms with Crippen molar-refractivity contribution >= 4 is 39.3 Å². The molecule has 1 rings (SSSR count). The predicted octanol–water partition coefficient (Wildman–Crippen LogP) is 4.62. The van der Waals surface area contributed by atoms with Crippen molar-refractivity contribution in [3.8, 4) is 0 Å². The number of anilines is 1. The molecule has 0 fully saturated rings. The first-order valence-electron chi connectivity index (χ1n) is 5.66. The van der Waals surface area contributed by atoms with Gasteiger partial charge in [-0.2, -0.15) is 0 Å². The van der Waals surface area contributed by atoms with Crippen molar-refractivity contribution in [2.75, 3.05) is 10.6 Å². The molecule has 0 aliphatic heterocycles. The molecule has 0 bridgehead atoms. The van der Waals surface area contributed by atoms with E-state index in [9.17, 15) is 4.79 Å². The van der Waals surface area contributed by atoms with Gasteiger partial charge in [-0.05, 0) is 44.9 Å². The van der Waals surface area contributed by atoms with Crippen LogP contribution in [-0.2, 0) is 11.2 Å². The number of hydrogen-bond acceptors (Lipinski definition) is 2. The Kier molecular flexibility index (Phi) is 5.47. The van der Waals surface area contributed by atoms with Gasteiger partial charge in [-0.3, -0.25) is 5.32 Å². The number of alkyl halides is 1. The molecule has 1 aromatic carbocycles. The van der Waals surface area contributed by atoms with Crippen LogP contribution in [0.2, 0.25) is 5.02 Å². The van der Waals surface area contributed by atoms with E-state index in [1.54, 1.807) is 6.07 Å². The second-order valence-electron chi connectivity index (χ2n) is 4.88. The Morgan fingerprint density at radius 1 is 1.44 bits per heavy atom. The number of aryl methyl sites for hydroxylation is 1. The van der Waals surface area contributed by atoms with Crippen LogP contribution in [0.15, 0.2) is 18.2 Å². The van der Waals surface area contributed by atoms with Crippen LogP contribution in [0, 0.1) is 0 Å². The molecule has 0 saturated carbocycles. The van der Waals surface area contributed by atoms with Gasteiger partial charge in [0.25, 0.3) is 0 Å². The minimum Gasteiger partial charge on any atom is -0.444 e. The second-order valence-corrected chi connectivity index (χ2v) is 6.08. The quantitative estimate of drug-likeness (QED) is 0.819. The van der Waals surface area contributed by atoms with Gasteiger partial charge in [-0.1, -0.05) is 33.6 Å². The highest BCUT2D eigenvalue weighted by Gasteiger charge is 2.17. The molecule has 1 aromatic rings. The number of carbonyl (C=O) groups is 1. The molecule has 0 radical (unpaired) electrons. The van der Waals surface area contributed by atoms with Crippen LogP contribution < -0.4 is 5.32 Å². The zero-order chi connectivity index (χ0) is 13.8. The third-order valence-corrected chi connectivity index (χ3v) is 2.78. The zero-order valence-electron chi connectivity index (χ0n) is 10.7. The number of ether oxygens (including phenoxy) is 1. The Morgan fingerprint density at radius 2 is 2.11 bits per heavy atom. The van der Waals surface area contributed by atoms with E-state index < -0.39 is 11.7 Å². The van der Waals surface area contributed by atoms with Gasteiger partial charge in [-0.15, -0.1) is 0 Å². The first-order valence-corrected chi connectivity index (χ1v) is 7.16. The Bertz CT molecular complexity index is 429. The maximum atomic E-state index is 11.6. The van der Waals surface area contributed by atoms with Crippen LogP contribution in [0.5, 0.6) is 0 Å². The molecule has 18 heavy (non-hydrogen) atoms. The van der Waals surface area contributed by atoms with Crippen molar-refractivity contribution < 1.29 is 9.53 Å². The van der Waals surface area contributed by atoms with Gasteiger partial charge in [-0.25, -0.2) is 4.79 Å². The van der Waals surface area contributed by atoms with E-state index in [-0.39, 0.29) is 0 Å². The summed E-state index contributed by atoms with van der Waals surface area (Å²) in [6.45, 7) is 5.44. The van der Waals surface area contributed by atoms with Crippen LogP contribution in [0.3, 0.4) is 0 Å². The van der Waals surface area contributed by atoms with E-state index >= 15 is 0 Å². The molecule has 0 atom stereocenters. The van der Waals surface area contributed by atoms with Crippen LogP contribution in [0.1, 0.15) is 26.3 Å². The highest BCUT2D eigenvalue weighted by Crippen LogP contribution is 2.24. The average molecular weight is 335 g/mol. The topological polar surface area (TPSA) is 38.3 Å². The fourth-order valence-electron chi connectivity index (χ4n) is 1.35. The fourth-order valence-corrected chi connectivity index (χ4v) is 1.97. The van der Waals surface area contributed by atoms with Crippen molar-refractivity contribution in [1.82, 2.24) is 0 Å². The van der Waals surface area contributed by atoms with Gasteiger partial charge in [0.05, 0.1) is 10.7 Å². The van der Waals surface area contributed by atoms with Gasteiger partial charge < -0.3 is 4.74 Å². The summed E-state index contributed by atoms with van der Waals surface area (Å²) < 4.78 is 5.18. The van der Waals surface area contributed by atoms with Crippen LogP contribution >= 0.6 is 27.5 Å². The normalized spacial score (nSPS) is 11.2. The number of halogens is 2. The lowest BCUT2D eigenvalue weighted by atomic mass is 10.1. The minimum atomic E-state index is -0.524. The lowest BCUT2D eigenvalue weighted by molar-refractivity contribution is 0.0636. The number of benzene rings is 1. The van der Waals surface area contributed by atoms with Crippen LogP contribution in [-0.4, -0.2) is 17.0 Å². The largest absolute Gasteiger partial charge is 0.444 e. The number of nitrogens with one attached hydrogen (secondary N) is 1. The van der Waals surface area contributed by atoms with Gasteiger partial charge in [0.1, 0.15) is 5.60 Å². The molecule has 0 spiro atoms. The lowest BCUT2D eigenvalue weighted by Crippen LogP contribution is -2.27. The molecule has 0 aliphatic carbocycles. The smallest absolute Gasteiger partial charge is 0.412 e. The van der Waals surface area contributed by atoms with E-state index in [0.29, 0.717) is 10.7 Å². The first-order chi connectivity index (χ1) is 8.31. The maximum absolute atomic E-state index is 11.6. The fraction of sp³-hybridized carbons (Fsp3) is 0.462. The summed E-state index contributed by atoms with van der Waals surface area (Å²) in [5, 5.41) is 4.02. The molecule has 1 amide bonds. The standard InChI is InChI=1S/C13H17BrClNO2/c1-13(2,3)18-12(17)16-11-8-9(6-7-14)4-5-10(11)15/h4-5,8H,6-7H2,1-3H3,(H,16,17). The first kappa shape index (κ1) is 15.3. The van der Waals surface area contributed by atoms with E-state index in [0.717, 1.165) is 17.3 Å². The number of amides is 1. The Balaban J connectivity index is 2.77. The summed E-state index contributed by atoms with van der Waals surface area (Å²) in [6.07, 6.45) is 0.376. The molecule has 3 nitrogen and oxygen atoms in total. The summed E-state index contributed by atoms with van der Waals surface area (Å²) in [5.41, 5.74) is 1.15. The number of hydrogen-bond donors (Lipinski definition) is 1. The minimum absolute atomic E-state index is 0.499. The number of carbonyl (C=O) groups excluding carboxylic acids is 1. The third kappa shape index (κ3) is 5.27. The monoisotopic (exact) mass is 333 g/mol. The van der Waals surface area contributed by atoms with Crippen molar-refractivity contribution in [2.24, 2.45) is 0 Å². The highest BCUT2D eigenvalue weighted by atomic mass is 79.9. The van der Waals surface area contributed by atoms with E-state index in [4.69, 9.17) is 16.3 Å². The molecule has 1 N–H and O–H groups in total. The summed E-state index contributed by atoms with van der Waals surface area (Å²) in [4.78, 5) is 11.6. The van der Waals surface area contributed by atoms with Gasteiger partial charge in [0.15, 0.2) is 0 Å². The van der Waals surface area contributed by atoms with Crippen LogP contribution in [0.4, 0.5) is 10.5 Å². The van der Waals surface area contributed by atoms with Crippen molar-refractivity contribution in [2.45, 2.75) is 32.8 Å². The molecule has 0 heterocycles. The summed E-state index contributed by atoms with van der Waals surface area (Å²) in [5.74, 6) is 0. The molecular weight excluding hydrogens is 318 g/mol. The van der Waals surface area contributed by atoms with Crippen LogP contribution in [0.25, 0.3) is 0 Å². The van der Waals surface area contributed by atoms with Gasteiger partial charge >= 0.3 is 6.09 Å². The third-order valence-electron chi connectivity index (χ3n) is 2.05. The van der Waals surface area contributed by atoms with E-state index in [1.807, 2.05) is 32.9 Å². The molecule has 100 valence electrons. The number of rotatable bonds is 3. The molecule has 0 aromatic heterocycles. The molecule has 0 saturated heterocycles. The van der Waals surface area contributed by atoms with Crippen molar-refractivity contribution in [1.29, 1.82) is 0 Å². The summed E-state index contributed by atoms with van der Waals surface area (Å²) >= 11 is 9.40. The second kappa shape index (κ2) is 6.43. The molecule has 5 heteroatoms. The SMILES string of the molecule is CC(C)(C)OC(=O)Nc1cc(CCBr)ccc1Cl. The Morgan fingerprint density at radius 3 is 2.67 bits per heavy atom. The average Bonchev–Trinajstić information content (AvgIpc) is 2.20. The highest BCUT2D eigenvalue weighted by molar-refractivity contribution is 9.09. The Labute approximate surface area is 121 Å². The summed E-state index contributed by atoms with van der Waals surface area (Å²) in [6, 6.07) is 5.56. The zero-order valence-corrected chi connectivity index (χ0v) is 13.1. The van der Waals surface area contributed by atoms with Gasteiger partial charge in [0, 0.05) is 5.33 Å². The van der Waals surface area contributed by atoms with Crippen molar-refractivity contribution in [3.05, 3.63) is 28.8 Å². The lowest BCUT2D eigenvalue weighted by Gasteiger charge is -2.20. The Hall–Kier alpha value is -0.740. The van der Waals surface area contributed by atoms with E-state index in [2.05, 4.69) is 21.2 Å². The molecule has 0 aliphatic rings. The molecule has 0 unspecified atom stereocenters. The van der Waals surface area contributed by atoms with Gasteiger partial charge in [0.2, 0.25) is 0 Å². The van der Waals surface area contributed by atoms with E-state index in [1.165, 1.54) is 0 Å². The van der Waals surface area contributed by atoms with Crippen molar-refractivity contribution in [3.63, 3.8) is 0 Å².